The molecule has 1 aliphatic heterocycles. The summed E-state index contributed by atoms with van der Waals surface area (Å²) in [5.74, 6) is -0.184. The number of methoxy groups -OCH3 is 1. The van der Waals surface area contributed by atoms with E-state index in [4.69, 9.17) is 9.47 Å². The summed E-state index contributed by atoms with van der Waals surface area (Å²) in [6.45, 7) is 0.777. The fraction of sp³-hybridized carbons (Fsp3) is 0.316. The number of anilines is 2. The molecule has 0 radical (unpaired) electrons. The summed E-state index contributed by atoms with van der Waals surface area (Å²) in [5.41, 5.74) is 2.63. The van der Waals surface area contributed by atoms with Crippen LogP contribution >= 0.6 is 15.9 Å². The molecule has 7 heteroatoms. The normalized spacial score (nSPS) is 17.4. The zero-order valence-electron chi connectivity index (χ0n) is 14.3. The van der Waals surface area contributed by atoms with Gasteiger partial charge < -0.3 is 14.8 Å². The van der Waals surface area contributed by atoms with Crippen molar-refractivity contribution in [3.63, 3.8) is 0 Å². The predicted octanol–water partition coefficient (Wildman–Crippen LogP) is 5.39. The number of hydrogen-bond acceptors (Lipinski definition) is 4. The molecule has 0 aliphatic carbocycles. The topological polar surface area (TPSA) is 48.3 Å². The zero-order chi connectivity index (χ0) is 18.1. The van der Waals surface area contributed by atoms with Gasteiger partial charge in [-0.3, -0.25) is 0 Å². The molecule has 2 heterocycles. The third kappa shape index (κ3) is 3.29. The summed E-state index contributed by atoms with van der Waals surface area (Å²) in [6, 6.07) is 8.73. The van der Waals surface area contributed by atoms with Gasteiger partial charge in [-0.25, -0.2) is 9.07 Å². The summed E-state index contributed by atoms with van der Waals surface area (Å²) < 4.78 is 27.3. The van der Waals surface area contributed by atoms with Crippen molar-refractivity contribution in [3.05, 3.63) is 46.8 Å². The molecular formula is C19H19BrFN3O2. The first-order chi connectivity index (χ1) is 12.7. The number of nitrogens with one attached hydrogen (secondary N) is 1. The molecule has 4 rings (SSSR count). The molecular weight excluding hydrogens is 401 g/mol. The highest BCUT2D eigenvalue weighted by Crippen LogP contribution is 2.34. The molecule has 3 aromatic rings. The van der Waals surface area contributed by atoms with E-state index in [1.165, 1.54) is 13.2 Å². The number of hydrogen-bond donors (Lipinski definition) is 1. The Morgan fingerprint density at radius 3 is 2.96 bits per heavy atom. The van der Waals surface area contributed by atoms with Gasteiger partial charge in [0.2, 0.25) is 0 Å². The van der Waals surface area contributed by atoms with Crippen LogP contribution in [0.2, 0.25) is 0 Å². The smallest absolute Gasteiger partial charge is 0.165 e. The Bertz CT molecular complexity index is 938. The van der Waals surface area contributed by atoms with Gasteiger partial charge in [0, 0.05) is 28.2 Å². The summed E-state index contributed by atoms with van der Waals surface area (Å²) in [6.07, 6.45) is 5.07. The van der Waals surface area contributed by atoms with Crippen molar-refractivity contribution in [1.29, 1.82) is 0 Å². The molecule has 1 atom stereocenters. The lowest BCUT2D eigenvalue weighted by molar-refractivity contribution is -0.0366. The highest BCUT2D eigenvalue weighted by Gasteiger charge is 2.19. The van der Waals surface area contributed by atoms with E-state index < -0.39 is 0 Å². The van der Waals surface area contributed by atoms with Crippen molar-refractivity contribution in [3.8, 4) is 5.75 Å². The van der Waals surface area contributed by atoms with Crippen LogP contribution in [0, 0.1) is 5.82 Å². The lowest BCUT2D eigenvalue weighted by atomic mass is 10.2. The molecule has 1 N–H and O–H groups in total. The zero-order valence-corrected chi connectivity index (χ0v) is 15.9. The third-order valence-electron chi connectivity index (χ3n) is 4.54. The third-order valence-corrected chi connectivity index (χ3v) is 5.20. The Kier molecular flexibility index (Phi) is 4.82. The molecule has 1 saturated heterocycles. The molecule has 0 bridgehead atoms. The molecule has 2 aromatic carbocycles. The Hall–Kier alpha value is -2.12. The van der Waals surface area contributed by atoms with Crippen LogP contribution in [0.4, 0.5) is 15.8 Å². The van der Waals surface area contributed by atoms with E-state index in [2.05, 4.69) is 26.3 Å². The quantitative estimate of drug-likeness (QED) is 0.615. The Balaban J connectivity index is 1.65. The maximum atomic E-state index is 13.6. The molecule has 1 aliphatic rings. The van der Waals surface area contributed by atoms with Crippen LogP contribution in [0.5, 0.6) is 5.75 Å². The SMILES string of the molecule is COc1cc(Nc2cc3cnn(C4CCCCO4)c3cc2Br)ccc1F. The van der Waals surface area contributed by atoms with Gasteiger partial charge in [0.25, 0.3) is 0 Å². The molecule has 136 valence electrons. The van der Waals surface area contributed by atoms with Gasteiger partial charge in [0.1, 0.15) is 0 Å². The van der Waals surface area contributed by atoms with Crippen LogP contribution in [-0.2, 0) is 4.74 Å². The molecule has 1 aromatic heterocycles. The van der Waals surface area contributed by atoms with Gasteiger partial charge in [-0.05, 0) is 59.5 Å². The number of benzene rings is 2. The van der Waals surface area contributed by atoms with E-state index in [-0.39, 0.29) is 17.8 Å². The van der Waals surface area contributed by atoms with Crippen LogP contribution in [-0.4, -0.2) is 23.5 Å². The van der Waals surface area contributed by atoms with E-state index in [0.717, 1.165) is 52.6 Å². The first-order valence-corrected chi connectivity index (χ1v) is 9.34. The van der Waals surface area contributed by atoms with Crippen LogP contribution in [0.25, 0.3) is 10.9 Å². The fourth-order valence-corrected chi connectivity index (χ4v) is 3.63. The summed E-state index contributed by atoms with van der Waals surface area (Å²) in [5, 5.41) is 8.83. The van der Waals surface area contributed by atoms with Gasteiger partial charge in [-0.2, -0.15) is 5.10 Å². The number of halogens is 2. The number of fused-ring (bicyclic) bond motifs is 1. The second-order valence-corrected chi connectivity index (χ2v) is 7.13. The van der Waals surface area contributed by atoms with E-state index >= 15 is 0 Å². The minimum Gasteiger partial charge on any atom is -0.494 e. The minimum atomic E-state index is -0.388. The van der Waals surface area contributed by atoms with Gasteiger partial charge in [0.05, 0.1) is 24.5 Å². The number of ether oxygens (including phenoxy) is 2. The Morgan fingerprint density at radius 2 is 2.19 bits per heavy atom. The van der Waals surface area contributed by atoms with E-state index in [1.54, 1.807) is 12.1 Å². The van der Waals surface area contributed by atoms with Gasteiger partial charge in [0.15, 0.2) is 17.8 Å². The first-order valence-electron chi connectivity index (χ1n) is 8.54. The summed E-state index contributed by atoms with van der Waals surface area (Å²) in [7, 11) is 1.45. The molecule has 1 unspecified atom stereocenters. The summed E-state index contributed by atoms with van der Waals surface area (Å²) in [4.78, 5) is 0. The predicted molar refractivity (Wildman–Crippen MR) is 103 cm³/mol. The highest BCUT2D eigenvalue weighted by atomic mass is 79.9. The molecule has 0 amide bonds. The van der Waals surface area contributed by atoms with Crippen LogP contribution in [0.3, 0.4) is 0 Å². The van der Waals surface area contributed by atoms with Gasteiger partial charge >= 0.3 is 0 Å². The first kappa shape index (κ1) is 17.3. The lowest BCUT2D eigenvalue weighted by Gasteiger charge is -2.23. The Labute approximate surface area is 159 Å². The summed E-state index contributed by atoms with van der Waals surface area (Å²) >= 11 is 3.62. The largest absolute Gasteiger partial charge is 0.494 e. The van der Waals surface area contributed by atoms with Gasteiger partial charge in [-0.1, -0.05) is 0 Å². The van der Waals surface area contributed by atoms with Crippen LogP contribution in [0.15, 0.2) is 41.0 Å². The average molecular weight is 420 g/mol. The average Bonchev–Trinajstić information content (AvgIpc) is 3.07. The number of aromatic nitrogens is 2. The standard InChI is InChI=1S/C19H19BrFN3O2/c1-25-18-9-13(5-6-15(18)21)23-16-8-12-11-22-24(17(12)10-14(16)20)19-4-2-3-7-26-19/h5-6,8-11,19,23H,2-4,7H2,1H3. The molecule has 0 spiro atoms. The van der Waals surface area contributed by atoms with Crippen molar-refractivity contribution in [1.82, 2.24) is 9.78 Å². The van der Waals surface area contributed by atoms with Crippen molar-refractivity contribution in [2.24, 2.45) is 0 Å². The van der Waals surface area contributed by atoms with Crippen molar-refractivity contribution >= 4 is 38.2 Å². The maximum absolute atomic E-state index is 13.6. The maximum Gasteiger partial charge on any atom is 0.165 e. The van der Waals surface area contributed by atoms with Gasteiger partial charge in [-0.15, -0.1) is 0 Å². The molecule has 5 nitrogen and oxygen atoms in total. The molecule has 0 saturated carbocycles. The minimum absolute atomic E-state index is 0.00619. The Morgan fingerprint density at radius 1 is 1.31 bits per heavy atom. The second-order valence-electron chi connectivity index (χ2n) is 6.28. The fourth-order valence-electron chi connectivity index (χ4n) is 3.20. The molecule has 26 heavy (non-hydrogen) atoms. The highest BCUT2D eigenvalue weighted by molar-refractivity contribution is 9.10. The monoisotopic (exact) mass is 419 g/mol. The van der Waals surface area contributed by atoms with Crippen molar-refractivity contribution < 1.29 is 13.9 Å². The van der Waals surface area contributed by atoms with Crippen molar-refractivity contribution in [2.45, 2.75) is 25.5 Å². The van der Waals surface area contributed by atoms with Crippen molar-refractivity contribution in [2.75, 3.05) is 19.0 Å². The molecule has 1 fully saturated rings. The number of nitrogens with zero attached hydrogens (tertiary/aromatic N) is 2. The van der Waals surface area contributed by atoms with E-state index in [1.807, 2.05) is 23.0 Å². The van der Waals surface area contributed by atoms with Crippen LogP contribution in [0.1, 0.15) is 25.5 Å². The van der Waals surface area contributed by atoms with Crippen LogP contribution < -0.4 is 10.1 Å². The second kappa shape index (κ2) is 7.25. The van der Waals surface area contributed by atoms with E-state index in [9.17, 15) is 4.39 Å². The lowest BCUT2D eigenvalue weighted by Crippen LogP contribution is -2.18. The van der Waals surface area contributed by atoms with E-state index in [0.29, 0.717) is 0 Å². The number of rotatable bonds is 4.